The molecule has 0 bridgehead atoms. The number of hydrogen-bond acceptors (Lipinski definition) is 3. The Morgan fingerprint density at radius 3 is 2.55 bits per heavy atom. The van der Waals surface area contributed by atoms with Crippen LogP contribution in [0.25, 0.3) is 0 Å². The third kappa shape index (κ3) is 7.13. The number of carbonyl (C=O) groups is 1. The van der Waals surface area contributed by atoms with Crippen LogP contribution in [0.15, 0.2) is 4.99 Å². The van der Waals surface area contributed by atoms with Crippen molar-refractivity contribution in [1.29, 1.82) is 0 Å². The van der Waals surface area contributed by atoms with Crippen LogP contribution in [0, 0.1) is 0 Å². The number of nitrogens with zero attached hydrogens (tertiary/aromatic N) is 1. The molecule has 3 N–H and O–H groups in total. The van der Waals surface area contributed by atoms with E-state index in [0.717, 1.165) is 38.8 Å². The van der Waals surface area contributed by atoms with Gasteiger partial charge in [0.15, 0.2) is 5.96 Å². The van der Waals surface area contributed by atoms with Gasteiger partial charge in [-0.3, -0.25) is 9.79 Å². The standard InChI is InChI=1S/C15H28N4O2.HI/c1-16-15(17-10-13-8-5-9-21-13)18-11-14(20)19-12-6-3-2-4-7-12;/h12-13H,2-11H2,1H3,(H,19,20)(H2,16,17,18);1H. The topological polar surface area (TPSA) is 74.8 Å². The Balaban J connectivity index is 0.00000242. The van der Waals surface area contributed by atoms with Gasteiger partial charge in [-0.15, -0.1) is 24.0 Å². The third-order valence-electron chi connectivity index (χ3n) is 4.13. The molecule has 0 radical (unpaired) electrons. The van der Waals surface area contributed by atoms with Crippen LogP contribution in [0.5, 0.6) is 0 Å². The summed E-state index contributed by atoms with van der Waals surface area (Å²) in [5.41, 5.74) is 0. The zero-order valence-electron chi connectivity index (χ0n) is 13.4. The number of aliphatic imine (C=N–C) groups is 1. The minimum absolute atomic E-state index is 0. The lowest BCUT2D eigenvalue weighted by atomic mass is 9.95. The summed E-state index contributed by atoms with van der Waals surface area (Å²) in [6.07, 6.45) is 8.44. The zero-order chi connectivity index (χ0) is 14.9. The van der Waals surface area contributed by atoms with Gasteiger partial charge in [-0.05, 0) is 25.7 Å². The molecule has 1 amide bonds. The molecule has 0 aromatic carbocycles. The van der Waals surface area contributed by atoms with Crippen LogP contribution in [-0.4, -0.2) is 50.8 Å². The smallest absolute Gasteiger partial charge is 0.239 e. The van der Waals surface area contributed by atoms with Crippen molar-refractivity contribution in [3.8, 4) is 0 Å². The first-order valence-electron chi connectivity index (χ1n) is 8.13. The first-order valence-corrected chi connectivity index (χ1v) is 8.13. The Labute approximate surface area is 150 Å². The fourth-order valence-electron chi connectivity index (χ4n) is 2.93. The van der Waals surface area contributed by atoms with Crippen LogP contribution in [0.3, 0.4) is 0 Å². The molecule has 1 heterocycles. The normalized spacial score (nSPS) is 22.8. The molecule has 1 unspecified atom stereocenters. The third-order valence-corrected chi connectivity index (χ3v) is 4.13. The van der Waals surface area contributed by atoms with Crippen molar-refractivity contribution in [3.05, 3.63) is 0 Å². The molecule has 2 aliphatic rings. The van der Waals surface area contributed by atoms with E-state index >= 15 is 0 Å². The van der Waals surface area contributed by atoms with Crippen molar-refractivity contribution in [2.24, 2.45) is 4.99 Å². The molecular weight excluding hydrogens is 395 g/mol. The molecule has 7 heteroatoms. The molecule has 1 atom stereocenters. The Kier molecular flexibility index (Phi) is 9.77. The van der Waals surface area contributed by atoms with E-state index in [9.17, 15) is 4.79 Å². The lowest BCUT2D eigenvalue weighted by Crippen LogP contribution is -2.47. The molecule has 1 saturated heterocycles. The minimum atomic E-state index is 0. The van der Waals surface area contributed by atoms with E-state index in [1.807, 2.05) is 0 Å². The number of halogens is 1. The van der Waals surface area contributed by atoms with Gasteiger partial charge in [0.25, 0.3) is 0 Å². The van der Waals surface area contributed by atoms with Crippen molar-refractivity contribution < 1.29 is 9.53 Å². The van der Waals surface area contributed by atoms with Gasteiger partial charge in [-0.25, -0.2) is 0 Å². The molecule has 2 rings (SSSR count). The van der Waals surface area contributed by atoms with Crippen LogP contribution >= 0.6 is 24.0 Å². The Bertz CT molecular complexity index is 353. The fraction of sp³-hybridized carbons (Fsp3) is 0.867. The monoisotopic (exact) mass is 424 g/mol. The highest BCUT2D eigenvalue weighted by atomic mass is 127. The number of rotatable bonds is 5. The van der Waals surface area contributed by atoms with Gasteiger partial charge < -0.3 is 20.7 Å². The molecule has 2 fully saturated rings. The molecule has 1 aliphatic carbocycles. The van der Waals surface area contributed by atoms with Gasteiger partial charge >= 0.3 is 0 Å². The number of nitrogens with one attached hydrogen (secondary N) is 3. The number of ether oxygens (including phenoxy) is 1. The maximum atomic E-state index is 11.9. The average molecular weight is 424 g/mol. The fourth-order valence-corrected chi connectivity index (χ4v) is 2.93. The van der Waals surface area contributed by atoms with Crippen molar-refractivity contribution in [2.75, 3.05) is 26.7 Å². The summed E-state index contributed by atoms with van der Waals surface area (Å²) in [7, 11) is 1.71. The first-order chi connectivity index (χ1) is 10.3. The first kappa shape index (κ1) is 19.5. The zero-order valence-corrected chi connectivity index (χ0v) is 15.7. The van der Waals surface area contributed by atoms with Crippen LogP contribution in [0.1, 0.15) is 44.9 Å². The molecule has 0 aromatic heterocycles. The molecule has 0 spiro atoms. The van der Waals surface area contributed by atoms with Crippen LogP contribution < -0.4 is 16.0 Å². The number of amides is 1. The molecule has 6 nitrogen and oxygen atoms in total. The highest BCUT2D eigenvalue weighted by Crippen LogP contribution is 2.17. The van der Waals surface area contributed by atoms with E-state index in [1.54, 1.807) is 7.05 Å². The molecule has 0 aromatic rings. The molecular formula is C15H29IN4O2. The highest BCUT2D eigenvalue weighted by molar-refractivity contribution is 14.0. The van der Waals surface area contributed by atoms with Crippen LogP contribution in [0.4, 0.5) is 0 Å². The maximum Gasteiger partial charge on any atom is 0.239 e. The number of guanidine groups is 1. The summed E-state index contributed by atoms with van der Waals surface area (Å²) in [5, 5.41) is 9.34. The Morgan fingerprint density at radius 1 is 1.14 bits per heavy atom. The van der Waals surface area contributed by atoms with E-state index < -0.39 is 0 Å². The van der Waals surface area contributed by atoms with E-state index in [-0.39, 0.29) is 42.5 Å². The Morgan fingerprint density at radius 2 is 1.91 bits per heavy atom. The lowest BCUT2D eigenvalue weighted by molar-refractivity contribution is -0.120. The van der Waals surface area contributed by atoms with Crippen LogP contribution in [-0.2, 0) is 9.53 Å². The largest absolute Gasteiger partial charge is 0.376 e. The van der Waals surface area contributed by atoms with Crippen molar-refractivity contribution >= 4 is 35.8 Å². The predicted molar refractivity (Wildman–Crippen MR) is 98.8 cm³/mol. The summed E-state index contributed by atoms with van der Waals surface area (Å²) in [4.78, 5) is 16.0. The molecule has 1 aliphatic heterocycles. The maximum absolute atomic E-state index is 11.9. The number of hydrogen-bond donors (Lipinski definition) is 3. The summed E-state index contributed by atoms with van der Waals surface area (Å²) in [5.74, 6) is 0.700. The second-order valence-corrected chi connectivity index (χ2v) is 5.84. The predicted octanol–water partition coefficient (Wildman–Crippen LogP) is 1.40. The van der Waals surface area contributed by atoms with E-state index in [0.29, 0.717) is 12.0 Å². The van der Waals surface area contributed by atoms with E-state index in [2.05, 4.69) is 20.9 Å². The summed E-state index contributed by atoms with van der Waals surface area (Å²) in [6, 6.07) is 0.356. The number of carbonyl (C=O) groups excluding carboxylic acids is 1. The second-order valence-electron chi connectivity index (χ2n) is 5.84. The summed E-state index contributed by atoms with van der Waals surface area (Å²) in [6.45, 7) is 1.85. The lowest BCUT2D eigenvalue weighted by Gasteiger charge is -2.23. The van der Waals surface area contributed by atoms with E-state index in [1.165, 1.54) is 19.3 Å². The van der Waals surface area contributed by atoms with Crippen molar-refractivity contribution in [3.63, 3.8) is 0 Å². The SMILES string of the molecule is CN=C(NCC(=O)NC1CCCCC1)NCC1CCCO1.I. The molecule has 22 heavy (non-hydrogen) atoms. The summed E-state index contributed by atoms with van der Waals surface area (Å²) < 4.78 is 5.55. The van der Waals surface area contributed by atoms with Gasteiger partial charge in [0, 0.05) is 26.2 Å². The van der Waals surface area contributed by atoms with Gasteiger partial charge in [-0.2, -0.15) is 0 Å². The van der Waals surface area contributed by atoms with Crippen molar-refractivity contribution in [1.82, 2.24) is 16.0 Å². The second kappa shape index (κ2) is 11.0. The van der Waals surface area contributed by atoms with Gasteiger partial charge in [-0.1, -0.05) is 19.3 Å². The van der Waals surface area contributed by atoms with Gasteiger partial charge in [0.1, 0.15) is 0 Å². The average Bonchev–Trinajstić information content (AvgIpc) is 3.02. The quantitative estimate of drug-likeness (QED) is 0.355. The molecule has 128 valence electrons. The van der Waals surface area contributed by atoms with Crippen LogP contribution in [0.2, 0.25) is 0 Å². The molecule has 1 saturated carbocycles. The van der Waals surface area contributed by atoms with Gasteiger partial charge in [0.2, 0.25) is 5.91 Å². The highest BCUT2D eigenvalue weighted by Gasteiger charge is 2.17. The minimum Gasteiger partial charge on any atom is -0.376 e. The Hall–Kier alpha value is -0.570. The summed E-state index contributed by atoms with van der Waals surface area (Å²) >= 11 is 0. The van der Waals surface area contributed by atoms with E-state index in [4.69, 9.17) is 4.74 Å². The van der Waals surface area contributed by atoms with Crippen molar-refractivity contribution in [2.45, 2.75) is 57.1 Å². The van der Waals surface area contributed by atoms with Gasteiger partial charge in [0.05, 0.1) is 12.6 Å².